The molecule has 4 nitrogen and oxygen atoms in total. The van der Waals surface area contributed by atoms with Gasteiger partial charge in [-0.25, -0.2) is 0 Å². The minimum Gasteiger partial charge on any atom is -0.346 e. The molecule has 13 heavy (non-hydrogen) atoms. The molecule has 0 aliphatic rings. The lowest BCUT2D eigenvalue weighted by atomic mass is 10.2. The van der Waals surface area contributed by atoms with Crippen LogP contribution in [0.4, 0.5) is 0 Å². The molecule has 0 radical (unpaired) electrons. The van der Waals surface area contributed by atoms with Crippen LogP contribution in [0.1, 0.15) is 13.3 Å². The topological polar surface area (TPSA) is 72.2 Å². The summed E-state index contributed by atoms with van der Waals surface area (Å²) >= 11 is 1.64. The van der Waals surface area contributed by atoms with E-state index in [2.05, 4.69) is 5.32 Å². The van der Waals surface area contributed by atoms with Gasteiger partial charge in [-0.05, 0) is 25.4 Å². The predicted molar refractivity (Wildman–Crippen MR) is 54.6 cm³/mol. The van der Waals surface area contributed by atoms with Gasteiger partial charge in [0.05, 0.1) is 12.1 Å². The maximum atomic E-state index is 11.2. The van der Waals surface area contributed by atoms with E-state index in [9.17, 15) is 9.59 Å². The Hall–Kier alpha value is -0.550. The van der Waals surface area contributed by atoms with Crippen LogP contribution in [-0.4, -0.2) is 36.3 Å². The molecule has 3 N–H and O–H groups in total. The number of carbonyl (C=O) groups excluding carboxylic acids is 2. The third-order valence-corrected chi connectivity index (χ3v) is 2.19. The van der Waals surface area contributed by atoms with E-state index in [1.807, 2.05) is 6.26 Å². The molecule has 0 aromatic heterocycles. The first kappa shape index (κ1) is 12.4. The van der Waals surface area contributed by atoms with Crippen molar-refractivity contribution in [2.75, 3.05) is 12.0 Å². The van der Waals surface area contributed by atoms with Crippen LogP contribution in [0.3, 0.4) is 0 Å². The fourth-order valence-electron chi connectivity index (χ4n) is 0.741. The molecule has 0 heterocycles. The van der Waals surface area contributed by atoms with Crippen molar-refractivity contribution < 1.29 is 9.59 Å². The molecule has 0 aliphatic heterocycles. The second kappa shape index (κ2) is 6.91. The van der Waals surface area contributed by atoms with Crippen LogP contribution in [0.2, 0.25) is 0 Å². The van der Waals surface area contributed by atoms with Crippen LogP contribution in [-0.2, 0) is 9.59 Å². The molecule has 1 amide bonds. The van der Waals surface area contributed by atoms with Crippen molar-refractivity contribution >= 4 is 24.0 Å². The summed E-state index contributed by atoms with van der Waals surface area (Å²) in [6, 6.07) is -0.956. The lowest BCUT2D eigenvalue weighted by molar-refractivity contribution is -0.124. The highest BCUT2D eigenvalue weighted by atomic mass is 32.2. The molecule has 2 atom stereocenters. The van der Waals surface area contributed by atoms with Gasteiger partial charge in [0.2, 0.25) is 5.91 Å². The van der Waals surface area contributed by atoms with Crippen molar-refractivity contribution in [2.24, 2.45) is 5.73 Å². The third kappa shape index (κ3) is 5.65. The summed E-state index contributed by atoms with van der Waals surface area (Å²) in [5, 5.41) is 2.50. The average molecular weight is 204 g/mol. The van der Waals surface area contributed by atoms with Gasteiger partial charge in [-0.1, -0.05) is 0 Å². The van der Waals surface area contributed by atoms with Gasteiger partial charge in [0.15, 0.2) is 0 Å². The van der Waals surface area contributed by atoms with Crippen molar-refractivity contribution in [1.29, 1.82) is 0 Å². The highest BCUT2D eigenvalue weighted by Crippen LogP contribution is 1.98. The molecule has 76 valence electrons. The molecule has 0 aromatic rings. The van der Waals surface area contributed by atoms with E-state index in [0.29, 0.717) is 12.7 Å². The van der Waals surface area contributed by atoms with Crippen LogP contribution in [0.25, 0.3) is 0 Å². The summed E-state index contributed by atoms with van der Waals surface area (Å²) in [6.07, 6.45) is 3.27. The van der Waals surface area contributed by atoms with Crippen LogP contribution in [0.5, 0.6) is 0 Å². The maximum absolute atomic E-state index is 11.2. The fraction of sp³-hybridized carbons (Fsp3) is 0.750. The lowest BCUT2D eigenvalue weighted by Crippen LogP contribution is -2.45. The number of nitrogens with two attached hydrogens (primary N) is 1. The maximum Gasteiger partial charge on any atom is 0.237 e. The first-order chi connectivity index (χ1) is 6.11. The van der Waals surface area contributed by atoms with E-state index in [1.54, 1.807) is 18.7 Å². The van der Waals surface area contributed by atoms with Crippen molar-refractivity contribution in [2.45, 2.75) is 25.4 Å². The quantitative estimate of drug-likeness (QED) is 0.586. The fourth-order valence-corrected chi connectivity index (χ4v) is 1.23. The smallest absolute Gasteiger partial charge is 0.237 e. The number of nitrogens with one attached hydrogen (secondary N) is 1. The molecule has 0 spiro atoms. The molecule has 0 saturated heterocycles. The van der Waals surface area contributed by atoms with Crippen molar-refractivity contribution in [3.05, 3.63) is 0 Å². The minimum absolute atomic E-state index is 0.256. The highest BCUT2D eigenvalue weighted by molar-refractivity contribution is 7.98. The first-order valence-corrected chi connectivity index (χ1v) is 5.51. The number of hydrogen-bond acceptors (Lipinski definition) is 4. The molecule has 5 heteroatoms. The van der Waals surface area contributed by atoms with Gasteiger partial charge in [-0.2, -0.15) is 11.8 Å². The summed E-state index contributed by atoms with van der Waals surface area (Å²) in [7, 11) is 0. The Morgan fingerprint density at radius 2 is 2.31 bits per heavy atom. The Bertz CT molecular complexity index is 176. The molecule has 0 bridgehead atoms. The second-order valence-electron chi connectivity index (χ2n) is 2.82. The summed E-state index contributed by atoms with van der Waals surface area (Å²) < 4.78 is 0. The zero-order valence-corrected chi connectivity index (χ0v) is 8.76. The van der Waals surface area contributed by atoms with E-state index in [1.165, 1.54) is 0 Å². The molecule has 0 rings (SSSR count). The van der Waals surface area contributed by atoms with Crippen molar-refractivity contribution in [1.82, 2.24) is 5.32 Å². The Morgan fingerprint density at radius 1 is 1.69 bits per heavy atom. The molecule has 0 fully saturated rings. The Morgan fingerprint density at radius 3 is 2.77 bits per heavy atom. The van der Waals surface area contributed by atoms with E-state index in [0.717, 1.165) is 5.75 Å². The summed E-state index contributed by atoms with van der Waals surface area (Å²) in [6.45, 7) is 1.62. The Labute approximate surface area is 82.6 Å². The number of hydrogen-bond donors (Lipinski definition) is 2. The van der Waals surface area contributed by atoms with Gasteiger partial charge >= 0.3 is 0 Å². The van der Waals surface area contributed by atoms with Crippen molar-refractivity contribution in [3.63, 3.8) is 0 Å². The zero-order chi connectivity index (χ0) is 10.3. The second-order valence-corrected chi connectivity index (χ2v) is 3.81. The summed E-state index contributed by atoms with van der Waals surface area (Å²) in [4.78, 5) is 21.4. The molecule has 0 saturated carbocycles. The van der Waals surface area contributed by atoms with Gasteiger partial charge < -0.3 is 15.8 Å². The molecule has 0 aliphatic carbocycles. The normalized spacial score (nSPS) is 14.7. The predicted octanol–water partition coefficient (Wildman–Crippen LogP) is -0.230. The monoisotopic (exact) mass is 204 g/mol. The van der Waals surface area contributed by atoms with Crippen LogP contribution in [0.15, 0.2) is 0 Å². The van der Waals surface area contributed by atoms with Gasteiger partial charge in [-0.3, -0.25) is 4.79 Å². The number of carbonyl (C=O) groups is 2. The van der Waals surface area contributed by atoms with E-state index in [4.69, 9.17) is 5.73 Å². The van der Waals surface area contributed by atoms with E-state index >= 15 is 0 Å². The third-order valence-electron chi connectivity index (χ3n) is 1.54. The summed E-state index contributed by atoms with van der Waals surface area (Å²) in [5.41, 5.74) is 5.56. The lowest BCUT2D eigenvalue weighted by Gasteiger charge is -2.12. The zero-order valence-electron chi connectivity index (χ0n) is 7.95. The average Bonchev–Trinajstić information content (AvgIpc) is 2.13. The van der Waals surface area contributed by atoms with Crippen LogP contribution >= 0.6 is 11.8 Å². The van der Waals surface area contributed by atoms with E-state index < -0.39 is 12.1 Å². The largest absolute Gasteiger partial charge is 0.346 e. The Balaban J connectivity index is 3.75. The molecule has 0 aromatic carbocycles. The summed E-state index contributed by atoms with van der Waals surface area (Å²) in [5.74, 6) is 0.595. The van der Waals surface area contributed by atoms with E-state index in [-0.39, 0.29) is 5.91 Å². The van der Waals surface area contributed by atoms with Gasteiger partial charge in [-0.15, -0.1) is 0 Å². The molecular formula is C8H16N2O2S. The van der Waals surface area contributed by atoms with Crippen LogP contribution < -0.4 is 11.1 Å². The number of thioether (sulfide) groups is 1. The van der Waals surface area contributed by atoms with Gasteiger partial charge in [0.1, 0.15) is 6.29 Å². The molecule has 2 unspecified atom stereocenters. The van der Waals surface area contributed by atoms with Crippen LogP contribution in [0, 0.1) is 0 Å². The minimum atomic E-state index is -0.505. The van der Waals surface area contributed by atoms with Crippen molar-refractivity contribution in [3.8, 4) is 0 Å². The standard InChI is InChI=1S/C8H16N2O2S/c1-6(5-11)10-8(12)7(9)3-4-13-2/h5-7H,3-4,9H2,1-2H3,(H,10,12). The first-order valence-electron chi connectivity index (χ1n) is 4.12. The van der Waals surface area contributed by atoms with Gasteiger partial charge in [0.25, 0.3) is 0 Å². The SMILES string of the molecule is CSCCC(N)C(=O)NC(C)C=O. The number of amides is 1. The van der Waals surface area contributed by atoms with Gasteiger partial charge in [0, 0.05) is 0 Å². The number of rotatable bonds is 6. The highest BCUT2D eigenvalue weighted by Gasteiger charge is 2.14. The molecular weight excluding hydrogens is 188 g/mol. The number of aldehydes is 1. The Kier molecular flexibility index (Phi) is 6.62.